The van der Waals surface area contributed by atoms with E-state index in [1.165, 1.54) is 0 Å². The summed E-state index contributed by atoms with van der Waals surface area (Å²) in [5.74, 6) is 0.206. The van der Waals surface area contributed by atoms with Gasteiger partial charge >= 0.3 is 0 Å². The van der Waals surface area contributed by atoms with Crippen LogP contribution in [0.4, 0.5) is 0 Å². The number of ether oxygens (including phenoxy) is 1. The molecule has 4 nitrogen and oxygen atoms in total. The molecule has 2 atom stereocenters. The molecule has 0 amide bonds. The maximum atomic E-state index is 12.4. The maximum Gasteiger partial charge on any atom is 0.144 e. The first kappa shape index (κ1) is 14.3. The van der Waals surface area contributed by atoms with Crippen LogP contribution in [0, 0.1) is 11.3 Å². The number of fused-ring (bicyclic) bond motifs is 1. The molecule has 0 radical (unpaired) electrons. The summed E-state index contributed by atoms with van der Waals surface area (Å²) in [6.45, 7) is 5.27. The molecule has 1 heterocycles. The lowest BCUT2D eigenvalue weighted by atomic mass is 9.69. The van der Waals surface area contributed by atoms with Gasteiger partial charge in [0.25, 0.3) is 0 Å². The number of hydrazone groups is 1. The molecule has 0 saturated heterocycles. The van der Waals surface area contributed by atoms with Crippen LogP contribution in [0.3, 0.4) is 0 Å². The largest absolute Gasteiger partial charge is 0.371 e. The first-order chi connectivity index (χ1) is 10.1. The van der Waals surface area contributed by atoms with E-state index in [1.54, 1.807) is 0 Å². The molecule has 1 aliphatic carbocycles. The molecule has 1 fully saturated rings. The van der Waals surface area contributed by atoms with E-state index >= 15 is 0 Å². The Bertz CT molecular complexity index is 551. The zero-order valence-electron chi connectivity index (χ0n) is 12.6. The predicted molar refractivity (Wildman–Crippen MR) is 82.0 cm³/mol. The van der Waals surface area contributed by atoms with Gasteiger partial charge in [0, 0.05) is 6.42 Å². The summed E-state index contributed by atoms with van der Waals surface area (Å²) >= 11 is 0. The van der Waals surface area contributed by atoms with Gasteiger partial charge in [0.2, 0.25) is 0 Å². The van der Waals surface area contributed by atoms with Gasteiger partial charge in [-0.3, -0.25) is 4.79 Å². The molecule has 112 valence electrons. The molecule has 1 aromatic carbocycles. The summed E-state index contributed by atoms with van der Waals surface area (Å²) in [4.78, 5) is 12.4. The Morgan fingerprint density at radius 2 is 2.05 bits per heavy atom. The van der Waals surface area contributed by atoms with Crippen molar-refractivity contribution in [3.8, 4) is 0 Å². The van der Waals surface area contributed by atoms with Gasteiger partial charge in [0.05, 0.1) is 30.9 Å². The summed E-state index contributed by atoms with van der Waals surface area (Å²) in [6, 6.07) is 10.2. The third-order valence-corrected chi connectivity index (χ3v) is 4.27. The van der Waals surface area contributed by atoms with E-state index in [1.807, 2.05) is 30.3 Å². The Morgan fingerprint density at radius 1 is 1.29 bits per heavy atom. The number of benzene rings is 1. The van der Waals surface area contributed by atoms with Crippen molar-refractivity contribution in [2.75, 3.05) is 6.61 Å². The van der Waals surface area contributed by atoms with Crippen LogP contribution in [-0.2, 0) is 16.1 Å². The van der Waals surface area contributed by atoms with Crippen molar-refractivity contribution >= 4 is 11.5 Å². The topological polar surface area (TPSA) is 50.7 Å². The number of hydrogen-bond acceptors (Lipinski definition) is 4. The SMILES string of the molecule is CC1(C)CC(=O)[C@H]2C(COCc3ccccc3)=NN[C@@H]2C1. The van der Waals surface area contributed by atoms with Crippen LogP contribution in [-0.4, -0.2) is 24.1 Å². The van der Waals surface area contributed by atoms with Crippen LogP contribution in [0.25, 0.3) is 0 Å². The van der Waals surface area contributed by atoms with Crippen LogP contribution >= 0.6 is 0 Å². The number of Topliss-reactive ketones (excluding diaryl/α,β-unsaturated/α-hetero) is 1. The molecular weight excluding hydrogens is 264 g/mol. The Hall–Kier alpha value is -1.68. The Balaban J connectivity index is 1.57. The van der Waals surface area contributed by atoms with Crippen LogP contribution in [0.1, 0.15) is 32.3 Å². The molecule has 0 spiro atoms. The van der Waals surface area contributed by atoms with Crippen molar-refractivity contribution in [1.29, 1.82) is 0 Å². The number of hydrogen-bond donors (Lipinski definition) is 1. The van der Waals surface area contributed by atoms with Crippen LogP contribution < -0.4 is 5.43 Å². The lowest BCUT2D eigenvalue weighted by Crippen LogP contribution is -2.46. The molecule has 1 aromatic rings. The van der Waals surface area contributed by atoms with Gasteiger partial charge in [-0.15, -0.1) is 0 Å². The zero-order chi connectivity index (χ0) is 14.9. The lowest BCUT2D eigenvalue weighted by Gasteiger charge is -2.36. The predicted octanol–water partition coefficient (Wildman–Crippen LogP) is 2.54. The Morgan fingerprint density at radius 3 is 2.81 bits per heavy atom. The van der Waals surface area contributed by atoms with E-state index in [-0.39, 0.29) is 17.4 Å². The van der Waals surface area contributed by atoms with Crippen molar-refractivity contribution in [3.05, 3.63) is 35.9 Å². The minimum atomic E-state index is -0.0891. The normalized spacial score (nSPS) is 27.0. The van der Waals surface area contributed by atoms with Crippen LogP contribution in [0.5, 0.6) is 0 Å². The number of rotatable bonds is 4. The summed E-state index contributed by atoms with van der Waals surface area (Å²) in [7, 11) is 0. The van der Waals surface area contributed by atoms with E-state index < -0.39 is 0 Å². The number of carbonyl (C=O) groups excluding carboxylic acids is 1. The quantitative estimate of drug-likeness (QED) is 0.925. The third kappa shape index (κ3) is 3.16. The molecule has 0 unspecified atom stereocenters. The van der Waals surface area contributed by atoms with Crippen molar-refractivity contribution < 1.29 is 9.53 Å². The smallest absolute Gasteiger partial charge is 0.144 e. The average molecular weight is 286 g/mol. The fraction of sp³-hybridized carbons (Fsp3) is 0.529. The number of nitrogens with zero attached hydrogens (tertiary/aromatic N) is 1. The maximum absolute atomic E-state index is 12.4. The van der Waals surface area contributed by atoms with Crippen LogP contribution in [0.2, 0.25) is 0 Å². The van der Waals surface area contributed by atoms with Crippen molar-refractivity contribution in [3.63, 3.8) is 0 Å². The summed E-state index contributed by atoms with van der Waals surface area (Å²) in [5.41, 5.74) is 5.19. The lowest BCUT2D eigenvalue weighted by molar-refractivity contribution is -0.126. The summed E-state index contributed by atoms with van der Waals surface area (Å²) in [6.07, 6.45) is 1.61. The number of ketones is 1. The second-order valence-electron chi connectivity index (χ2n) is 6.81. The minimum Gasteiger partial charge on any atom is -0.371 e. The fourth-order valence-electron chi connectivity index (χ4n) is 3.33. The first-order valence-corrected chi connectivity index (χ1v) is 7.51. The molecule has 1 aliphatic heterocycles. The highest BCUT2D eigenvalue weighted by Gasteiger charge is 2.45. The standard InChI is InChI=1S/C17H22N2O2/c1-17(2)8-13-16(15(20)9-17)14(19-18-13)11-21-10-12-6-4-3-5-7-12/h3-7,13,16,18H,8-11H2,1-2H3/t13-,16-/m1/s1. The third-order valence-electron chi connectivity index (χ3n) is 4.27. The average Bonchev–Trinajstić information content (AvgIpc) is 2.81. The van der Waals surface area contributed by atoms with Gasteiger partial charge in [-0.25, -0.2) is 0 Å². The molecule has 1 saturated carbocycles. The molecule has 0 bridgehead atoms. The second kappa shape index (κ2) is 5.60. The Labute approximate surface area is 125 Å². The van der Waals surface area contributed by atoms with Crippen LogP contribution in [0.15, 0.2) is 35.4 Å². The molecule has 4 heteroatoms. The monoisotopic (exact) mass is 286 g/mol. The second-order valence-corrected chi connectivity index (χ2v) is 6.81. The molecule has 21 heavy (non-hydrogen) atoms. The van der Waals surface area contributed by atoms with Crippen molar-refractivity contribution in [2.24, 2.45) is 16.4 Å². The first-order valence-electron chi connectivity index (χ1n) is 7.51. The highest BCUT2D eigenvalue weighted by atomic mass is 16.5. The number of nitrogens with one attached hydrogen (secondary N) is 1. The highest BCUT2D eigenvalue weighted by molar-refractivity contribution is 6.08. The van der Waals surface area contributed by atoms with Gasteiger partial charge < -0.3 is 10.2 Å². The van der Waals surface area contributed by atoms with Gasteiger partial charge in [-0.2, -0.15) is 5.10 Å². The van der Waals surface area contributed by atoms with Gasteiger partial charge in [-0.1, -0.05) is 44.2 Å². The molecule has 0 aromatic heterocycles. The van der Waals surface area contributed by atoms with Gasteiger partial charge in [0.1, 0.15) is 5.78 Å². The van der Waals surface area contributed by atoms with Gasteiger partial charge in [-0.05, 0) is 17.4 Å². The fourth-order valence-corrected chi connectivity index (χ4v) is 3.33. The Kier molecular flexibility index (Phi) is 3.81. The minimum absolute atomic E-state index is 0.0706. The van der Waals surface area contributed by atoms with E-state index in [0.717, 1.165) is 17.7 Å². The molecule has 1 N–H and O–H groups in total. The van der Waals surface area contributed by atoms with E-state index in [0.29, 0.717) is 25.4 Å². The highest BCUT2D eigenvalue weighted by Crippen LogP contribution is 2.38. The molecular formula is C17H22N2O2. The molecule has 2 aliphatic rings. The molecule has 3 rings (SSSR count). The van der Waals surface area contributed by atoms with Crippen molar-refractivity contribution in [1.82, 2.24) is 5.43 Å². The van der Waals surface area contributed by atoms with E-state index in [4.69, 9.17) is 4.74 Å². The van der Waals surface area contributed by atoms with E-state index in [9.17, 15) is 4.79 Å². The summed E-state index contributed by atoms with van der Waals surface area (Å²) in [5, 5.41) is 4.35. The van der Waals surface area contributed by atoms with E-state index in [2.05, 4.69) is 24.4 Å². The summed E-state index contributed by atoms with van der Waals surface area (Å²) < 4.78 is 5.73. The zero-order valence-corrected chi connectivity index (χ0v) is 12.6. The van der Waals surface area contributed by atoms with Gasteiger partial charge in [0.15, 0.2) is 0 Å². The van der Waals surface area contributed by atoms with Crippen molar-refractivity contribution in [2.45, 2.75) is 39.3 Å². The number of carbonyl (C=O) groups is 1.